The van der Waals surface area contributed by atoms with Crippen molar-refractivity contribution in [1.29, 1.82) is 0 Å². The highest BCUT2D eigenvalue weighted by atomic mass is 35.5. The highest BCUT2D eigenvalue weighted by Gasteiger charge is 2.18. The summed E-state index contributed by atoms with van der Waals surface area (Å²) >= 11 is 11.9. The van der Waals surface area contributed by atoms with E-state index in [-0.39, 0.29) is 25.0 Å². The van der Waals surface area contributed by atoms with Gasteiger partial charge in [0, 0.05) is 6.04 Å². The summed E-state index contributed by atoms with van der Waals surface area (Å²) in [5.74, 6) is -1.35. The lowest BCUT2D eigenvalue weighted by Gasteiger charge is -2.23. The summed E-state index contributed by atoms with van der Waals surface area (Å²) in [6.45, 7) is 3.38. The van der Waals surface area contributed by atoms with E-state index >= 15 is 0 Å². The molecule has 0 fully saturated rings. The van der Waals surface area contributed by atoms with Crippen LogP contribution in [0.25, 0.3) is 0 Å². The Labute approximate surface area is 127 Å². The molecule has 0 heterocycles. The average Bonchev–Trinajstić information content (AvgIpc) is 2.32. The van der Waals surface area contributed by atoms with Gasteiger partial charge in [-0.25, -0.2) is 0 Å². The predicted octanol–water partition coefficient (Wildman–Crippen LogP) is 2.73. The van der Waals surface area contributed by atoms with Crippen LogP contribution in [0.3, 0.4) is 0 Å². The van der Waals surface area contributed by atoms with Crippen LogP contribution in [0.5, 0.6) is 0 Å². The van der Waals surface area contributed by atoms with Crippen molar-refractivity contribution in [3.8, 4) is 0 Å². The molecular formula is C13H16Cl2N2O3. The van der Waals surface area contributed by atoms with Gasteiger partial charge >= 0.3 is 5.97 Å². The number of para-hydroxylation sites is 1. The highest BCUT2D eigenvalue weighted by Crippen LogP contribution is 2.29. The van der Waals surface area contributed by atoms with E-state index in [9.17, 15) is 9.59 Å². The number of nitrogens with zero attached hydrogens (tertiary/aromatic N) is 1. The fourth-order valence-corrected chi connectivity index (χ4v) is 2.07. The monoisotopic (exact) mass is 318 g/mol. The van der Waals surface area contributed by atoms with Crippen molar-refractivity contribution < 1.29 is 14.7 Å². The van der Waals surface area contributed by atoms with E-state index < -0.39 is 5.97 Å². The quantitative estimate of drug-likeness (QED) is 0.846. The molecule has 1 aromatic carbocycles. The SMILES string of the molecule is CC(C)N(CC(=O)O)CC(=O)Nc1c(Cl)cccc1Cl. The van der Waals surface area contributed by atoms with Crippen molar-refractivity contribution in [1.82, 2.24) is 4.90 Å². The molecule has 0 aromatic heterocycles. The lowest BCUT2D eigenvalue weighted by atomic mass is 10.3. The molecule has 0 aliphatic rings. The molecule has 0 aliphatic heterocycles. The molecule has 0 spiro atoms. The maximum Gasteiger partial charge on any atom is 0.317 e. The number of rotatable bonds is 6. The van der Waals surface area contributed by atoms with Crippen LogP contribution in [-0.2, 0) is 9.59 Å². The number of amides is 1. The fraction of sp³-hybridized carbons (Fsp3) is 0.385. The van der Waals surface area contributed by atoms with Crippen molar-refractivity contribution in [2.75, 3.05) is 18.4 Å². The molecule has 2 N–H and O–H groups in total. The first kappa shape index (κ1) is 16.8. The van der Waals surface area contributed by atoms with E-state index in [1.807, 2.05) is 13.8 Å². The number of nitrogens with one attached hydrogen (secondary N) is 1. The molecule has 5 nitrogen and oxygen atoms in total. The molecule has 0 bridgehead atoms. The number of carbonyl (C=O) groups is 2. The summed E-state index contributed by atoms with van der Waals surface area (Å²) in [5, 5.41) is 12.1. The molecular weight excluding hydrogens is 303 g/mol. The van der Waals surface area contributed by atoms with Crippen LogP contribution in [0.1, 0.15) is 13.8 Å². The molecule has 0 atom stereocenters. The Kier molecular flexibility index (Phi) is 6.26. The van der Waals surface area contributed by atoms with Crippen molar-refractivity contribution in [2.24, 2.45) is 0 Å². The Hall–Kier alpha value is -1.30. The van der Waals surface area contributed by atoms with E-state index in [1.165, 1.54) is 4.90 Å². The molecule has 20 heavy (non-hydrogen) atoms. The largest absolute Gasteiger partial charge is 0.480 e. The Bertz CT molecular complexity index is 486. The zero-order chi connectivity index (χ0) is 15.3. The van der Waals surface area contributed by atoms with Crippen LogP contribution in [0.2, 0.25) is 10.0 Å². The van der Waals surface area contributed by atoms with Crippen LogP contribution >= 0.6 is 23.2 Å². The van der Waals surface area contributed by atoms with E-state index in [0.29, 0.717) is 15.7 Å². The lowest BCUT2D eigenvalue weighted by molar-refractivity contribution is -0.139. The second-order valence-electron chi connectivity index (χ2n) is 4.54. The van der Waals surface area contributed by atoms with Crippen LogP contribution in [0.4, 0.5) is 5.69 Å². The predicted molar refractivity (Wildman–Crippen MR) is 79.4 cm³/mol. The first-order chi connectivity index (χ1) is 9.31. The zero-order valence-corrected chi connectivity index (χ0v) is 12.7. The molecule has 1 aromatic rings. The molecule has 110 valence electrons. The van der Waals surface area contributed by atoms with Crippen molar-refractivity contribution in [3.05, 3.63) is 28.2 Å². The van der Waals surface area contributed by atoms with Crippen molar-refractivity contribution in [2.45, 2.75) is 19.9 Å². The zero-order valence-electron chi connectivity index (χ0n) is 11.2. The van der Waals surface area contributed by atoms with Crippen LogP contribution in [0.15, 0.2) is 18.2 Å². The Morgan fingerprint density at radius 2 is 1.80 bits per heavy atom. The topological polar surface area (TPSA) is 69.6 Å². The third-order valence-electron chi connectivity index (χ3n) is 2.64. The normalized spacial score (nSPS) is 10.9. The maximum atomic E-state index is 12.0. The Balaban J connectivity index is 2.73. The molecule has 0 saturated carbocycles. The van der Waals surface area contributed by atoms with E-state index in [0.717, 1.165) is 0 Å². The number of aliphatic carboxylic acids is 1. The number of halogens is 2. The van der Waals surface area contributed by atoms with Crippen molar-refractivity contribution in [3.63, 3.8) is 0 Å². The van der Waals surface area contributed by atoms with Crippen LogP contribution in [-0.4, -0.2) is 41.0 Å². The van der Waals surface area contributed by atoms with Gasteiger partial charge in [-0.1, -0.05) is 29.3 Å². The number of hydrogen-bond acceptors (Lipinski definition) is 3. The lowest BCUT2D eigenvalue weighted by Crippen LogP contribution is -2.41. The number of carboxylic acid groups (broad SMARTS) is 1. The minimum atomic E-state index is -0.984. The second kappa shape index (κ2) is 7.47. The first-order valence-corrected chi connectivity index (χ1v) is 6.76. The van der Waals surface area contributed by atoms with Gasteiger partial charge in [0.2, 0.25) is 5.91 Å². The van der Waals surface area contributed by atoms with Gasteiger partial charge in [0.15, 0.2) is 0 Å². The number of carboxylic acids is 1. The summed E-state index contributed by atoms with van der Waals surface area (Å²) in [4.78, 5) is 24.2. The third-order valence-corrected chi connectivity index (χ3v) is 3.27. The van der Waals surface area contributed by atoms with Gasteiger partial charge in [0.05, 0.1) is 28.8 Å². The standard InChI is InChI=1S/C13H16Cl2N2O3/c1-8(2)17(7-12(19)20)6-11(18)16-13-9(14)4-3-5-10(13)15/h3-5,8H,6-7H2,1-2H3,(H,16,18)(H,19,20). The number of hydrogen-bond donors (Lipinski definition) is 2. The summed E-state index contributed by atoms with van der Waals surface area (Å²) in [6, 6.07) is 4.82. The van der Waals surface area contributed by atoms with Gasteiger partial charge in [-0.2, -0.15) is 0 Å². The van der Waals surface area contributed by atoms with Gasteiger partial charge in [-0.15, -0.1) is 0 Å². The van der Waals surface area contributed by atoms with Gasteiger partial charge < -0.3 is 10.4 Å². The molecule has 0 radical (unpaired) electrons. The Morgan fingerprint density at radius 3 is 2.25 bits per heavy atom. The summed E-state index contributed by atoms with van der Waals surface area (Å²) in [6.07, 6.45) is 0. The van der Waals surface area contributed by atoms with Crippen LogP contribution in [0, 0.1) is 0 Å². The number of anilines is 1. The average molecular weight is 319 g/mol. The fourth-order valence-electron chi connectivity index (χ4n) is 1.58. The summed E-state index contributed by atoms with van der Waals surface area (Å²) in [7, 11) is 0. The smallest absolute Gasteiger partial charge is 0.317 e. The van der Waals surface area contributed by atoms with Gasteiger partial charge in [0.25, 0.3) is 0 Å². The van der Waals surface area contributed by atoms with Gasteiger partial charge in [0.1, 0.15) is 0 Å². The molecule has 1 rings (SSSR count). The van der Waals surface area contributed by atoms with Crippen LogP contribution < -0.4 is 5.32 Å². The molecule has 0 saturated heterocycles. The van der Waals surface area contributed by atoms with Crippen molar-refractivity contribution >= 4 is 40.8 Å². The maximum absolute atomic E-state index is 12.0. The van der Waals surface area contributed by atoms with E-state index in [2.05, 4.69) is 5.32 Å². The van der Waals surface area contributed by atoms with Gasteiger partial charge in [-0.05, 0) is 26.0 Å². The summed E-state index contributed by atoms with van der Waals surface area (Å²) < 4.78 is 0. The molecule has 7 heteroatoms. The molecule has 0 aliphatic carbocycles. The second-order valence-corrected chi connectivity index (χ2v) is 5.35. The summed E-state index contributed by atoms with van der Waals surface area (Å²) in [5.41, 5.74) is 0.333. The van der Waals surface area contributed by atoms with E-state index in [1.54, 1.807) is 18.2 Å². The van der Waals surface area contributed by atoms with E-state index in [4.69, 9.17) is 28.3 Å². The Morgan fingerprint density at radius 1 is 1.25 bits per heavy atom. The molecule has 0 unspecified atom stereocenters. The highest BCUT2D eigenvalue weighted by molar-refractivity contribution is 6.39. The number of carbonyl (C=O) groups excluding carboxylic acids is 1. The minimum absolute atomic E-state index is 0.0501. The number of benzene rings is 1. The third kappa shape index (κ3) is 5.00. The first-order valence-electron chi connectivity index (χ1n) is 6.01. The molecule has 1 amide bonds. The van der Waals surface area contributed by atoms with Gasteiger partial charge in [-0.3, -0.25) is 14.5 Å². The minimum Gasteiger partial charge on any atom is -0.480 e.